The Morgan fingerprint density at radius 1 is 1.30 bits per heavy atom. The average molecular weight is 301 g/mol. The third-order valence-electron chi connectivity index (χ3n) is 3.23. The fourth-order valence-corrected chi connectivity index (χ4v) is 2.68. The number of halogens is 1. The van der Waals surface area contributed by atoms with E-state index in [-0.39, 0.29) is 0 Å². The molecule has 0 saturated carbocycles. The minimum Gasteiger partial charge on any atom is -0.493 e. The molecule has 0 aromatic heterocycles. The summed E-state index contributed by atoms with van der Waals surface area (Å²) in [6.07, 6.45) is -0.116. The zero-order chi connectivity index (χ0) is 14.5. The second-order valence-electron chi connectivity index (χ2n) is 4.70. The molecule has 20 heavy (non-hydrogen) atoms. The molecule has 0 aliphatic carbocycles. The van der Waals surface area contributed by atoms with E-state index in [2.05, 4.69) is 0 Å². The molecule has 2 rings (SSSR count). The van der Waals surface area contributed by atoms with Gasteiger partial charge in [0.2, 0.25) is 0 Å². The van der Waals surface area contributed by atoms with E-state index >= 15 is 0 Å². The first kappa shape index (κ1) is 15.6. The second-order valence-corrected chi connectivity index (χ2v) is 5.14. The van der Waals surface area contributed by atoms with Crippen LogP contribution in [0, 0.1) is 0 Å². The van der Waals surface area contributed by atoms with Crippen molar-refractivity contribution < 1.29 is 19.3 Å². The lowest BCUT2D eigenvalue weighted by Crippen LogP contribution is -2.33. The van der Waals surface area contributed by atoms with Crippen molar-refractivity contribution in [1.29, 1.82) is 0 Å². The molecule has 1 N–H and O–H groups in total. The third kappa shape index (κ3) is 3.64. The summed E-state index contributed by atoms with van der Waals surface area (Å²) >= 11 is 6.11. The molecule has 1 atom stereocenters. The first-order valence-corrected chi connectivity index (χ1v) is 7.38. The maximum atomic E-state index is 10.3. The maximum Gasteiger partial charge on any atom is 0.183 e. The monoisotopic (exact) mass is 300 g/mol. The molecule has 0 radical (unpaired) electrons. The molecule has 1 aromatic carbocycles. The van der Waals surface area contributed by atoms with Crippen molar-refractivity contribution in [3.05, 3.63) is 28.3 Å². The van der Waals surface area contributed by atoms with Crippen LogP contribution < -0.4 is 4.74 Å². The zero-order valence-electron chi connectivity index (χ0n) is 11.9. The lowest BCUT2D eigenvalue weighted by atomic mass is 10.0. The van der Waals surface area contributed by atoms with Gasteiger partial charge in [0.15, 0.2) is 6.29 Å². The Kier molecular flexibility index (Phi) is 5.66. The van der Waals surface area contributed by atoms with E-state index in [4.69, 9.17) is 25.8 Å². The van der Waals surface area contributed by atoms with E-state index in [0.717, 1.165) is 23.3 Å². The summed E-state index contributed by atoms with van der Waals surface area (Å²) in [5, 5.41) is 11.0. The van der Waals surface area contributed by atoms with Crippen molar-refractivity contribution in [1.82, 2.24) is 0 Å². The summed E-state index contributed by atoms with van der Waals surface area (Å²) in [6, 6.07) is 3.76. The highest BCUT2D eigenvalue weighted by molar-refractivity contribution is 6.30. The van der Waals surface area contributed by atoms with E-state index in [0.29, 0.717) is 31.3 Å². The molecular weight excluding hydrogens is 280 g/mol. The van der Waals surface area contributed by atoms with Crippen LogP contribution in [0.15, 0.2) is 12.1 Å². The molecule has 0 amide bonds. The van der Waals surface area contributed by atoms with Gasteiger partial charge < -0.3 is 19.3 Å². The summed E-state index contributed by atoms with van der Waals surface area (Å²) in [5.74, 6) is 0.847. The molecule has 0 fully saturated rings. The Hall–Kier alpha value is -0.810. The number of rotatable bonds is 7. The van der Waals surface area contributed by atoms with Gasteiger partial charge in [-0.2, -0.15) is 0 Å². The first-order chi connectivity index (χ1) is 9.65. The molecule has 0 saturated heterocycles. The maximum absolute atomic E-state index is 10.3. The van der Waals surface area contributed by atoms with Crippen LogP contribution in [-0.4, -0.2) is 37.3 Å². The van der Waals surface area contributed by atoms with Crippen molar-refractivity contribution in [2.24, 2.45) is 0 Å². The van der Waals surface area contributed by atoms with Gasteiger partial charge in [-0.3, -0.25) is 0 Å². The lowest BCUT2D eigenvalue weighted by molar-refractivity contribution is -0.188. The van der Waals surface area contributed by atoms with Gasteiger partial charge in [0.1, 0.15) is 11.9 Å². The quantitative estimate of drug-likeness (QED) is 0.786. The van der Waals surface area contributed by atoms with Gasteiger partial charge in [0.05, 0.1) is 6.61 Å². The molecule has 0 spiro atoms. The summed E-state index contributed by atoms with van der Waals surface area (Å²) in [5.41, 5.74) is 2.01. The molecule has 1 aliphatic heterocycles. The molecule has 4 nitrogen and oxygen atoms in total. The Labute approximate surface area is 124 Å². The van der Waals surface area contributed by atoms with Gasteiger partial charge in [-0.1, -0.05) is 11.6 Å². The summed E-state index contributed by atoms with van der Waals surface area (Å²) in [4.78, 5) is 0. The largest absolute Gasteiger partial charge is 0.493 e. The fraction of sp³-hybridized carbons (Fsp3) is 0.600. The van der Waals surface area contributed by atoms with E-state index in [1.807, 2.05) is 26.0 Å². The molecule has 1 aliphatic rings. The van der Waals surface area contributed by atoms with Crippen LogP contribution in [0.25, 0.3) is 0 Å². The number of fused-ring (bicyclic) bond motifs is 1. The van der Waals surface area contributed by atoms with E-state index in [1.165, 1.54) is 0 Å². The highest BCUT2D eigenvalue weighted by Gasteiger charge is 2.24. The Morgan fingerprint density at radius 3 is 2.65 bits per heavy atom. The Morgan fingerprint density at radius 2 is 2.00 bits per heavy atom. The van der Waals surface area contributed by atoms with Crippen LogP contribution in [0.5, 0.6) is 5.75 Å². The molecule has 0 bridgehead atoms. The van der Waals surface area contributed by atoms with Crippen molar-refractivity contribution in [2.45, 2.75) is 39.1 Å². The van der Waals surface area contributed by atoms with E-state index < -0.39 is 12.4 Å². The molecular formula is C15H21ClO4. The molecule has 1 heterocycles. The summed E-state index contributed by atoms with van der Waals surface area (Å²) < 4.78 is 16.5. The van der Waals surface area contributed by atoms with Crippen LogP contribution in [0.2, 0.25) is 5.02 Å². The van der Waals surface area contributed by atoms with Gasteiger partial charge in [0.25, 0.3) is 0 Å². The normalized spacial score (nSPS) is 15.2. The first-order valence-electron chi connectivity index (χ1n) is 7.01. The average Bonchev–Trinajstić information content (AvgIpc) is 2.86. The number of benzene rings is 1. The van der Waals surface area contributed by atoms with Gasteiger partial charge in [-0.15, -0.1) is 0 Å². The van der Waals surface area contributed by atoms with Crippen molar-refractivity contribution in [2.75, 3.05) is 19.8 Å². The number of hydrogen-bond acceptors (Lipinski definition) is 4. The number of hydrogen-bond donors (Lipinski definition) is 1. The van der Waals surface area contributed by atoms with Crippen molar-refractivity contribution >= 4 is 11.6 Å². The summed E-state index contributed by atoms with van der Waals surface area (Å²) in [7, 11) is 0. The topological polar surface area (TPSA) is 47.9 Å². The standard InChI is InChI=1S/C15H21ClO4/c1-3-18-15(19-4-2)13(17)9-11-8-12(16)7-10-5-6-20-14(10)11/h7-8,13,15,17H,3-6,9H2,1-2H3. The van der Waals surface area contributed by atoms with Gasteiger partial charge in [0, 0.05) is 31.1 Å². The van der Waals surface area contributed by atoms with Crippen molar-refractivity contribution in [3.8, 4) is 5.75 Å². The van der Waals surface area contributed by atoms with E-state index in [9.17, 15) is 5.11 Å². The number of aliphatic hydroxyl groups is 1. The SMILES string of the molecule is CCOC(OCC)C(O)Cc1cc(Cl)cc2c1OCC2. The highest BCUT2D eigenvalue weighted by atomic mass is 35.5. The number of aliphatic hydroxyl groups excluding tert-OH is 1. The van der Waals surface area contributed by atoms with Gasteiger partial charge in [-0.05, 0) is 37.1 Å². The Bertz CT molecular complexity index is 444. The van der Waals surface area contributed by atoms with Crippen LogP contribution in [0.1, 0.15) is 25.0 Å². The third-order valence-corrected chi connectivity index (χ3v) is 3.45. The predicted molar refractivity (Wildman–Crippen MR) is 77.4 cm³/mol. The highest BCUT2D eigenvalue weighted by Crippen LogP contribution is 2.33. The smallest absolute Gasteiger partial charge is 0.183 e. The second kappa shape index (κ2) is 7.27. The Balaban J connectivity index is 2.12. The minimum absolute atomic E-state index is 0.396. The zero-order valence-corrected chi connectivity index (χ0v) is 12.7. The van der Waals surface area contributed by atoms with Gasteiger partial charge in [-0.25, -0.2) is 0 Å². The van der Waals surface area contributed by atoms with Gasteiger partial charge >= 0.3 is 0 Å². The van der Waals surface area contributed by atoms with Crippen molar-refractivity contribution in [3.63, 3.8) is 0 Å². The number of ether oxygens (including phenoxy) is 3. The summed E-state index contributed by atoms with van der Waals surface area (Å²) in [6.45, 7) is 5.40. The van der Waals surface area contributed by atoms with Crippen LogP contribution in [0.3, 0.4) is 0 Å². The molecule has 5 heteroatoms. The molecule has 1 aromatic rings. The van der Waals surface area contributed by atoms with Crippen LogP contribution >= 0.6 is 11.6 Å². The van der Waals surface area contributed by atoms with E-state index in [1.54, 1.807) is 0 Å². The predicted octanol–water partition coefficient (Wildman–Crippen LogP) is 2.58. The molecule has 112 valence electrons. The lowest BCUT2D eigenvalue weighted by Gasteiger charge is -2.23. The molecule has 1 unspecified atom stereocenters. The van der Waals surface area contributed by atoms with Crippen LogP contribution in [-0.2, 0) is 22.3 Å². The fourth-order valence-electron chi connectivity index (χ4n) is 2.42. The minimum atomic E-state index is -0.748. The van der Waals surface area contributed by atoms with Crippen LogP contribution in [0.4, 0.5) is 0 Å².